The van der Waals surface area contributed by atoms with Crippen molar-refractivity contribution in [2.45, 2.75) is 31.6 Å². The van der Waals surface area contributed by atoms with Crippen LogP contribution in [0.5, 0.6) is 0 Å². The van der Waals surface area contributed by atoms with Crippen molar-refractivity contribution in [3.63, 3.8) is 0 Å². The summed E-state index contributed by atoms with van der Waals surface area (Å²) in [6.45, 7) is 5.27. The first-order valence-electron chi connectivity index (χ1n) is 11.4. The Kier molecular flexibility index (Phi) is 7.40. The number of amides is 1. The summed E-state index contributed by atoms with van der Waals surface area (Å²) < 4.78 is 27.9. The first-order chi connectivity index (χ1) is 16.3. The Bertz CT molecular complexity index is 1310. The molecule has 1 saturated heterocycles. The van der Waals surface area contributed by atoms with E-state index in [9.17, 15) is 13.2 Å². The largest absolute Gasteiger partial charge is 0.383 e. The van der Waals surface area contributed by atoms with E-state index < -0.39 is 10.0 Å². The Balaban J connectivity index is 1.34. The van der Waals surface area contributed by atoms with Crippen molar-refractivity contribution in [3.8, 4) is 0 Å². The lowest BCUT2D eigenvalue weighted by Gasteiger charge is -2.31. The van der Waals surface area contributed by atoms with Crippen LogP contribution in [0, 0.1) is 19.8 Å². The van der Waals surface area contributed by atoms with Crippen LogP contribution in [0.15, 0.2) is 53.6 Å². The molecule has 0 saturated carbocycles. The molecular weight excluding hydrogens is 472 g/mol. The summed E-state index contributed by atoms with van der Waals surface area (Å²) in [6.07, 6.45) is 3.05. The van der Waals surface area contributed by atoms with Gasteiger partial charge in [0.15, 0.2) is 0 Å². The number of nitrogens with zero attached hydrogens (tertiary/aromatic N) is 2. The zero-order valence-electron chi connectivity index (χ0n) is 19.3. The van der Waals surface area contributed by atoms with Gasteiger partial charge < -0.3 is 10.6 Å². The fourth-order valence-corrected chi connectivity index (χ4v) is 6.30. The Morgan fingerprint density at radius 3 is 2.79 bits per heavy atom. The monoisotopic (exact) mass is 500 g/mol. The van der Waals surface area contributed by atoms with Crippen molar-refractivity contribution in [1.82, 2.24) is 14.6 Å². The number of pyridine rings is 1. The molecule has 180 valence electrons. The summed E-state index contributed by atoms with van der Waals surface area (Å²) in [7, 11) is -3.64. The molecule has 4 rings (SSSR count). The standard InChI is InChI=1S/C25H29ClN4O3S/c1-17-5-6-18(2)24(14-17)34(32,33)30-13-3-4-19(16-30)25(31)29-12-11-28-22-9-10-27-23-15-20(26)7-8-21(22)23/h5-10,14-15,19H,3-4,11-13,16H2,1-2H3,(H,27,28)(H,29,31). The van der Waals surface area contributed by atoms with Gasteiger partial charge in [0.1, 0.15) is 0 Å². The third-order valence-electron chi connectivity index (χ3n) is 6.16. The van der Waals surface area contributed by atoms with Gasteiger partial charge in [-0.05, 0) is 68.1 Å². The van der Waals surface area contributed by atoms with Crippen LogP contribution in [0.1, 0.15) is 24.0 Å². The third kappa shape index (κ3) is 5.35. The number of hydrogen-bond acceptors (Lipinski definition) is 5. The van der Waals surface area contributed by atoms with Gasteiger partial charge >= 0.3 is 0 Å². The Labute approximate surface area is 205 Å². The number of anilines is 1. The van der Waals surface area contributed by atoms with Crippen molar-refractivity contribution < 1.29 is 13.2 Å². The maximum absolute atomic E-state index is 13.2. The summed E-state index contributed by atoms with van der Waals surface area (Å²) in [5.41, 5.74) is 3.33. The molecule has 9 heteroatoms. The summed E-state index contributed by atoms with van der Waals surface area (Å²) in [5.74, 6) is -0.480. The summed E-state index contributed by atoms with van der Waals surface area (Å²) in [4.78, 5) is 17.5. The number of aryl methyl sites for hydroxylation is 2. The van der Waals surface area contributed by atoms with Gasteiger partial charge in [-0.1, -0.05) is 23.7 Å². The molecule has 2 N–H and O–H groups in total. The first-order valence-corrected chi connectivity index (χ1v) is 13.2. The number of carbonyl (C=O) groups is 1. The van der Waals surface area contributed by atoms with Gasteiger partial charge in [0.05, 0.1) is 16.3 Å². The van der Waals surface area contributed by atoms with E-state index in [0.29, 0.717) is 48.0 Å². The Morgan fingerprint density at radius 2 is 1.97 bits per heavy atom. The number of sulfonamides is 1. The van der Waals surface area contributed by atoms with Gasteiger partial charge in [-0.3, -0.25) is 9.78 Å². The molecule has 1 aromatic heterocycles. The van der Waals surface area contributed by atoms with Crippen molar-refractivity contribution >= 4 is 44.1 Å². The second-order valence-corrected chi connectivity index (χ2v) is 11.1. The number of piperidine rings is 1. The zero-order valence-corrected chi connectivity index (χ0v) is 20.9. The molecular formula is C25H29ClN4O3S. The number of aromatic nitrogens is 1. The minimum absolute atomic E-state index is 0.117. The van der Waals surface area contributed by atoms with Gasteiger partial charge in [-0.2, -0.15) is 4.31 Å². The highest BCUT2D eigenvalue weighted by Gasteiger charge is 2.33. The molecule has 34 heavy (non-hydrogen) atoms. The van der Waals surface area contributed by atoms with Gasteiger partial charge in [-0.15, -0.1) is 0 Å². The lowest BCUT2D eigenvalue weighted by molar-refractivity contribution is -0.125. The second-order valence-electron chi connectivity index (χ2n) is 8.71. The molecule has 2 heterocycles. The van der Waals surface area contributed by atoms with Crippen molar-refractivity contribution in [2.75, 3.05) is 31.5 Å². The van der Waals surface area contributed by atoms with E-state index in [1.54, 1.807) is 19.2 Å². The number of carbonyl (C=O) groups excluding carboxylic acids is 1. The minimum Gasteiger partial charge on any atom is -0.383 e. The predicted molar refractivity (Wildman–Crippen MR) is 136 cm³/mol. The maximum atomic E-state index is 13.2. The van der Waals surface area contributed by atoms with E-state index in [-0.39, 0.29) is 18.4 Å². The van der Waals surface area contributed by atoms with Gasteiger partial charge in [0.25, 0.3) is 0 Å². The lowest BCUT2D eigenvalue weighted by atomic mass is 9.99. The summed E-state index contributed by atoms with van der Waals surface area (Å²) in [5, 5.41) is 7.87. The molecule has 1 amide bonds. The fraction of sp³-hybridized carbons (Fsp3) is 0.360. The average Bonchev–Trinajstić information content (AvgIpc) is 2.83. The van der Waals surface area contributed by atoms with Crippen LogP contribution in [0.4, 0.5) is 5.69 Å². The maximum Gasteiger partial charge on any atom is 0.243 e. The van der Waals surface area contributed by atoms with E-state index in [1.807, 2.05) is 43.3 Å². The molecule has 1 fully saturated rings. The van der Waals surface area contributed by atoms with E-state index in [2.05, 4.69) is 15.6 Å². The molecule has 3 aromatic rings. The van der Waals surface area contributed by atoms with E-state index in [1.165, 1.54) is 4.31 Å². The molecule has 1 aliphatic rings. The second kappa shape index (κ2) is 10.3. The van der Waals surface area contributed by atoms with Crippen LogP contribution in [0.3, 0.4) is 0 Å². The lowest BCUT2D eigenvalue weighted by Crippen LogP contribution is -2.46. The number of fused-ring (bicyclic) bond motifs is 1. The van der Waals surface area contributed by atoms with Crippen LogP contribution in [0.25, 0.3) is 10.9 Å². The molecule has 1 unspecified atom stereocenters. The molecule has 0 spiro atoms. The highest BCUT2D eigenvalue weighted by atomic mass is 35.5. The van der Waals surface area contributed by atoms with Crippen molar-refractivity contribution in [1.29, 1.82) is 0 Å². The molecule has 0 aliphatic carbocycles. The molecule has 2 aromatic carbocycles. The minimum atomic E-state index is -3.64. The van der Waals surface area contributed by atoms with Gasteiger partial charge in [0, 0.05) is 48.5 Å². The van der Waals surface area contributed by atoms with E-state index >= 15 is 0 Å². The zero-order chi connectivity index (χ0) is 24.3. The van der Waals surface area contributed by atoms with Crippen LogP contribution < -0.4 is 10.6 Å². The highest BCUT2D eigenvalue weighted by Crippen LogP contribution is 2.27. The molecule has 1 atom stereocenters. The van der Waals surface area contributed by atoms with E-state index in [0.717, 1.165) is 22.2 Å². The normalized spacial score (nSPS) is 17.0. The fourth-order valence-electron chi connectivity index (χ4n) is 4.30. The van der Waals surface area contributed by atoms with E-state index in [4.69, 9.17) is 11.6 Å². The number of benzene rings is 2. The smallest absolute Gasteiger partial charge is 0.243 e. The SMILES string of the molecule is Cc1ccc(C)c(S(=O)(=O)N2CCCC(C(=O)NCCNc3ccnc4cc(Cl)ccc34)C2)c1. The van der Waals surface area contributed by atoms with Gasteiger partial charge in [0.2, 0.25) is 15.9 Å². The highest BCUT2D eigenvalue weighted by molar-refractivity contribution is 7.89. The average molecular weight is 501 g/mol. The van der Waals surface area contributed by atoms with Crippen molar-refractivity contribution in [3.05, 3.63) is 64.8 Å². The quantitative estimate of drug-likeness (QED) is 0.476. The number of hydrogen-bond donors (Lipinski definition) is 2. The van der Waals surface area contributed by atoms with Gasteiger partial charge in [-0.25, -0.2) is 8.42 Å². The number of halogens is 1. The van der Waals surface area contributed by atoms with Crippen molar-refractivity contribution in [2.24, 2.45) is 5.92 Å². The van der Waals surface area contributed by atoms with Crippen LogP contribution in [0.2, 0.25) is 5.02 Å². The molecule has 7 nitrogen and oxygen atoms in total. The van der Waals surface area contributed by atoms with Crippen LogP contribution in [-0.4, -0.2) is 49.8 Å². The third-order valence-corrected chi connectivity index (χ3v) is 8.40. The summed E-state index contributed by atoms with van der Waals surface area (Å²) in [6, 6.07) is 12.9. The van der Waals surface area contributed by atoms with Crippen LogP contribution in [-0.2, 0) is 14.8 Å². The molecule has 0 bridgehead atoms. The van der Waals surface area contributed by atoms with Crippen LogP contribution >= 0.6 is 11.6 Å². The summed E-state index contributed by atoms with van der Waals surface area (Å²) >= 11 is 6.05. The molecule has 1 aliphatic heterocycles. The Morgan fingerprint density at radius 1 is 1.15 bits per heavy atom. The topological polar surface area (TPSA) is 91.4 Å². The Hall–Kier alpha value is -2.68. The number of nitrogens with one attached hydrogen (secondary N) is 2. The first kappa shape index (κ1) is 24.4. The molecule has 0 radical (unpaired) electrons. The number of rotatable bonds is 7. The predicted octanol–water partition coefficient (Wildman–Crippen LogP) is 4.13.